The Morgan fingerprint density at radius 3 is 2.56 bits per heavy atom. The summed E-state index contributed by atoms with van der Waals surface area (Å²) in [7, 11) is 0. The van der Waals surface area contributed by atoms with Crippen LogP contribution in [0.25, 0.3) is 0 Å². The number of carbonyl (C=O) groups excluding carboxylic acids is 2. The molecular weight excluding hydrogens is 440 g/mol. The lowest BCUT2D eigenvalue weighted by Crippen LogP contribution is -2.41. The van der Waals surface area contributed by atoms with Crippen molar-refractivity contribution in [3.8, 4) is 0 Å². The number of hydrogen-bond acceptors (Lipinski definition) is 3. The van der Waals surface area contributed by atoms with E-state index in [0.717, 1.165) is 40.3 Å². The van der Waals surface area contributed by atoms with Gasteiger partial charge in [0.05, 0.1) is 17.8 Å². The zero-order valence-corrected chi connectivity index (χ0v) is 20.5. The van der Waals surface area contributed by atoms with Gasteiger partial charge in [-0.3, -0.25) is 9.59 Å². The van der Waals surface area contributed by atoms with Gasteiger partial charge in [0.1, 0.15) is 0 Å². The molecule has 34 heavy (non-hydrogen) atoms. The second-order valence-electron chi connectivity index (χ2n) is 9.50. The molecule has 0 unspecified atom stereocenters. The third-order valence-corrected chi connectivity index (χ3v) is 8.12. The molecule has 5 rings (SSSR count). The van der Waals surface area contributed by atoms with Crippen LogP contribution in [0.2, 0.25) is 0 Å². The quantitative estimate of drug-likeness (QED) is 0.466. The first kappa shape index (κ1) is 22.7. The Kier molecular flexibility index (Phi) is 6.46. The Labute approximate surface area is 205 Å². The van der Waals surface area contributed by atoms with E-state index in [1.807, 2.05) is 47.4 Å². The normalized spacial score (nSPS) is 19.7. The van der Waals surface area contributed by atoms with Gasteiger partial charge in [0, 0.05) is 21.4 Å². The number of nitrogens with one attached hydrogen (secondary N) is 1. The van der Waals surface area contributed by atoms with E-state index in [9.17, 15) is 9.59 Å². The molecule has 1 N–H and O–H groups in total. The van der Waals surface area contributed by atoms with E-state index in [2.05, 4.69) is 43.4 Å². The molecule has 1 saturated carbocycles. The number of carbonyl (C=O) groups is 2. The summed E-state index contributed by atoms with van der Waals surface area (Å²) in [6, 6.07) is 22.0. The largest absolute Gasteiger partial charge is 0.349 e. The van der Waals surface area contributed by atoms with Crippen molar-refractivity contribution in [3.05, 3.63) is 89.0 Å². The minimum atomic E-state index is -0.0592. The molecular formula is C29H30N2O2S. The van der Waals surface area contributed by atoms with Crippen LogP contribution >= 0.6 is 11.8 Å². The second-order valence-corrected chi connectivity index (χ2v) is 10.6. The van der Waals surface area contributed by atoms with E-state index >= 15 is 0 Å². The van der Waals surface area contributed by atoms with E-state index in [4.69, 9.17) is 0 Å². The molecule has 1 heterocycles. The predicted molar refractivity (Wildman–Crippen MR) is 138 cm³/mol. The molecule has 2 atom stereocenters. The van der Waals surface area contributed by atoms with Crippen molar-refractivity contribution in [1.82, 2.24) is 5.32 Å². The van der Waals surface area contributed by atoms with Gasteiger partial charge in [0.2, 0.25) is 0 Å². The summed E-state index contributed by atoms with van der Waals surface area (Å²) in [5, 5.41) is 3.26. The molecule has 0 aromatic heterocycles. The van der Waals surface area contributed by atoms with Crippen molar-refractivity contribution in [2.45, 2.75) is 61.9 Å². The van der Waals surface area contributed by atoms with Crippen LogP contribution in [0.5, 0.6) is 0 Å². The van der Waals surface area contributed by atoms with Crippen LogP contribution in [-0.2, 0) is 6.54 Å². The van der Waals surface area contributed by atoms with Crippen LogP contribution in [0.15, 0.2) is 76.5 Å². The average molecular weight is 471 g/mol. The number of rotatable bonds is 4. The first-order chi connectivity index (χ1) is 16.5. The maximum Gasteiger partial charge on any atom is 0.259 e. The van der Waals surface area contributed by atoms with E-state index in [1.165, 1.54) is 12.0 Å². The molecule has 174 valence electrons. The lowest BCUT2D eigenvalue weighted by atomic mass is 9.86. The second kappa shape index (κ2) is 9.67. The van der Waals surface area contributed by atoms with Crippen LogP contribution in [0, 0.1) is 12.8 Å². The van der Waals surface area contributed by atoms with Crippen molar-refractivity contribution in [1.29, 1.82) is 0 Å². The molecule has 3 aromatic carbocycles. The zero-order valence-electron chi connectivity index (χ0n) is 19.7. The van der Waals surface area contributed by atoms with E-state index in [-0.39, 0.29) is 17.9 Å². The van der Waals surface area contributed by atoms with Crippen molar-refractivity contribution in [2.75, 3.05) is 4.90 Å². The molecule has 5 heteroatoms. The summed E-state index contributed by atoms with van der Waals surface area (Å²) in [5.74, 6) is 0.389. The summed E-state index contributed by atoms with van der Waals surface area (Å²) < 4.78 is 0. The number of aryl methyl sites for hydroxylation is 1. The summed E-state index contributed by atoms with van der Waals surface area (Å²) in [4.78, 5) is 30.7. The highest BCUT2D eigenvalue weighted by atomic mass is 32.2. The minimum Gasteiger partial charge on any atom is -0.349 e. The monoisotopic (exact) mass is 470 g/mol. The smallest absolute Gasteiger partial charge is 0.259 e. The Bertz CT molecular complexity index is 1220. The maximum atomic E-state index is 13.7. The van der Waals surface area contributed by atoms with Crippen molar-refractivity contribution < 1.29 is 9.59 Å². The van der Waals surface area contributed by atoms with E-state index in [1.54, 1.807) is 11.8 Å². The van der Waals surface area contributed by atoms with Gasteiger partial charge < -0.3 is 10.2 Å². The highest BCUT2D eigenvalue weighted by Crippen LogP contribution is 2.42. The highest BCUT2D eigenvalue weighted by molar-refractivity contribution is 7.99. The van der Waals surface area contributed by atoms with Crippen molar-refractivity contribution in [3.63, 3.8) is 0 Å². The number of nitrogens with zero attached hydrogens (tertiary/aromatic N) is 1. The lowest BCUT2D eigenvalue weighted by Gasteiger charge is -2.29. The summed E-state index contributed by atoms with van der Waals surface area (Å²) in [5.41, 5.74) is 4.32. The number of fused-ring (bicyclic) bond motifs is 2. The molecule has 3 aromatic rings. The van der Waals surface area contributed by atoms with Gasteiger partial charge in [0.15, 0.2) is 0 Å². The van der Waals surface area contributed by atoms with Crippen LogP contribution < -0.4 is 10.2 Å². The van der Waals surface area contributed by atoms with Crippen molar-refractivity contribution in [2.24, 2.45) is 5.92 Å². The van der Waals surface area contributed by atoms with Crippen LogP contribution in [0.4, 0.5) is 5.69 Å². The molecule has 4 nitrogen and oxygen atoms in total. The fourth-order valence-corrected chi connectivity index (χ4v) is 5.94. The standard InChI is InChI=1S/C29H30N2O2S/c1-19-11-13-21(14-12-19)18-31-25-17-22(28(32)30-24-9-5-3-7-20(24)2)15-16-27(25)34-26-10-6-4-8-23(26)29(31)33/h4,6,8,10-17,20,24H,3,5,7,9,18H2,1-2H3,(H,30,32)/t20-,24+/m1/s1. The third-order valence-electron chi connectivity index (χ3n) is 6.98. The average Bonchev–Trinajstić information content (AvgIpc) is 2.96. The predicted octanol–water partition coefficient (Wildman–Crippen LogP) is 6.62. The Morgan fingerprint density at radius 2 is 1.76 bits per heavy atom. The van der Waals surface area contributed by atoms with E-state index < -0.39 is 0 Å². The topological polar surface area (TPSA) is 49.4 Å². The number of benzene rings is 3. The van der Waals surface area contributed by atoms with Crippen LogP contribution in [0.3, 0.4) is 0 Å². The van der Waals surface area contributed by atoms with E-state index in [0.29, 0.717) is 23.6 Å². The fourth-order valence-electron chi connectivity index (χ4n) is 4.88. The fraction of sp³-hybridized carbons (Fsp3) is 0.310. The van der Waals surface area contributed by atoms with Gasteiger partial charge in [-0.2, -0.15) is 0 Å². The van der Waals surface area contributed by atoms with Crippen molar-refractivity contribution >= 4 is 29.3 Å². The first-order valence-electron chi connectivity index (χ1n) is 12.1. The van der Waals surface area contributed by atoms with Crippen LogP contribution in [-0.4, -0.2) is 17.9 Å². The van der Waals surface area contributed by atoms with Gasteiger partial charge in [-0.25, -0.2) is 0 Å². The van der Waals surface area contributed by atoms with Crippen LogP contribution in [0.1, 0.15) is 64.4 Å². The number of amides is 2. The molecule has 1 aliphatic heterocycles. The van der Waals surface area contributed by atoms with Gasteiger partial charge in [0.25, 0.3) is 11.8 Å². The van der Waals surface area contributed by atoms with Gasteiger partial charge in [-0.15, -0.1) is 0 Å². The SMILES string of the molecule is Cc1ccc(CN2C(=O)c3ccccc3Sc3ccc(C(=O)N[C@H]4CCCC[C@H]4C)cc32)cc1. The maximum absolute atomic E-state index is 13.7. The number of hydrogen-bond donors (Lipinski definition) is 1. The third kappa shape index (κ3) is 4.62. The molecule has 0 spiro atoms. The van der Waals surface area contributed by atoms with Gasteiger partial charge in [-0.1, -0.05) is 73.5 Å². The Hall–Kier alpha value is -3.05. The summed E-state index contributed by atoms with van der Waals surface area (Å²) >= 11 is 1.59. The lowest BCUT2D eigenvalue weighted by molar-refractivity contribution is 0.0908. The van der Waals surface area contributed by atoms with Gasteiger partial charge in [-0.05, 0) is 61.6 Å². The summed E-state index contributed by atoms with van der Waals surface area (Å²) in [6.07, 6.45) is 4.58. The van der Waals surface area contributed by atoms with Gasteiger partial charge >= 0.3 is 0 Å². The Morgan fingerprint density at radius 1 is 1.00 bits per heavy atom. The molecule has 0 saturated heterocycles. The zero-order chi connectivity index (χ0) is 23.7. The first-order valence-corrected chi connectivity index (χ1v) is 12.9. The highest BCUT2D eigenvalue weighted by Gasteiger charge is 2.29. The Balaban J connectivity index is 1.51. The molecule has 1 fully saturated rings. The molecule has 2 aliphatic rings. The molecule has 2 amide bonds. The molecule has 0 bridgehead atoms. The molecule has 1 aliphatic carbocycles. The molecule has 0 radical (unpaired) electrons. The number of anilines is 1. The summed E-state index contributed by atoms with van der Waals surface area (Å²) in [6.45, 7) is 4.73. The minimum absolute atomic E-state index is 0.0408.